The second kappa shape index (κ2) is 10.5. The van der Waals surface area contributed by atoms with Crippen molar-refractivity contribution in [2.75, 3.05) is 6.54 Å². The molecule has 0 bridgehead atoms. The predicted molar refractivity (Wildman–Crippen MR) is 85.9 cm³/mol. The number of hydrogen-bond acceptors (Lipinski definition) is 3. The smallest absolute Gasteiger partial charge is 0.306 e. The lowest BCUT2D eigenvalue weighted by Gasteiger charge is -2.23. The largest absolute Gasteiger partial charge is 0.460 e. The number of nitrogens with zero attached hydrogens (tertiary/aromatic N) is 3. The summed E-state index contributed by atoms with van der Waals surface area (Å²) in [4.78, 5) is 14.7. The minimum absolute atomic E-state index is 0.0763. The molecule has 0 aromatic heterocycles. The molecule has 0 amide bonds. The van der Waals surface area contributed by atoms with Gasteiger partial charge in [-0.3, -0.25) is 4.79 Å². The van der Waals surface area contributed by atoms with E-state index in [2.05, 4.69) is 23.9 Å². The monoisotopic (exact) mass is 297 g/mol. The molecule has 21 heavy (non-hydrogen) atoms. The van der Waals surface area contributed by atoms with Gasteiger partial charge < -0.3 is 4.74 Å². The standard InChI is InChI=1S/C16H31N3O2/c1-6-7-8-9-13(2)10-14(12-18-19-17)11-15(20)21-16(3,4)5/h13-14H,6-12H2,1-5H3/t13-,14-/m0/s1. The second-order valence-electron chi connectivity index (χ2n) is 6.91. The summed E-state index contributed by atoms with van der Waals surface area (Å²) >= 11 is 0. The first-order chi connectivity index (χ1) is 9.78. The van der Waals surface area contributed by atoms with Crippen molar-refractivity contribution in [3.8, 4) is 0 Å². The Hall–Kier alpha value is -1.22. The van der Waals surface area contributed by atoms with Crippen LogP contribution in [-0.4, -0.2) is 18.1 Å². The van der Waals surface area contributed by atoms with E-state index in [1.807, 2.05) is 20.8 Å². The Morgan fingerprint density at radius 1 is 1.33 bits per heavy atom. The van der Waals surface area contributed by atoms with Crippen LogP contribution < -0.4 is 0 Å². The lowest BCUT2D eigenvalue weighted by molar-refractivity contribution is -0.156. The zero-order chi connectivity index (χ0) is 16.3. The summed E-state index contributed by atoms with van der Waals surface area (Å²) in [6.07, 6.45) is 6.08. The highest BCUT2D eigenvalue weighted by Gasteiger charge is 2.21. The normalized spacial score (nSPS) is 14.1. The van der Waals surface area contributed by atoms with Crippen LogP contribution in [0.4, 0.5) is 0 Å². The molecule has 0 radical (unpaired) electrons. The molecule has 0 saturated heterocycles. The molecule has 0 fully saturated rings. The Kier molecular flexibility index (Phi) is 9.89. The number of carbonyl (C=O) groups excluding carboxylic acids is 1. The molecule has 0 heterocycles. The third-order valence-electron chi connectivity index (χ3n) is 3.31. The average Bonchev–Trinajstić information content (AvgIpc) is 2.33. The highest BCUT2D eigenvalue weighted by molar-refractivity contribution is 5.70. The molecule has 0 aliphatic carbocycles. The van der Waals surface area contributed by atoms with Crippen LogP contribution in [0.1, 0.15) is 73.1 Å². The molecule has 0 aliphatic heterocycles. The van der Waals surface area contributed by atoms with E-state index in [0.29, 0.717) is 18.9 Å². The molecule has 0 aliphatic rings. The molecule has 0 rings (SSSR count). The quantitative estimate of drug-likeness (QED) is 0.181. The number of hydrogen-bond donors (Lipinski definition) is 0. The number of unbranched alkanes of at least 4 members (excludes halogenated alkanes) is 2. The molecule has 0 spiro atoms. The Morgan fingerprint density at radius 3 is 2.52 bits per heavy atom. The van der Waals surface area contributed by atoms with Crippen molar-refractivity contribution >= 4 is 5.97 Å². The maximum atomic E-state index is 11.9. The number of ether oxygens (including phenoxy) is 1. The van der Waals surface area contributed by atoms with Crippen molar-refractivity contribution in [2.45, 2.75) is 78.7 Å². The lowest BCUT2D eigenvalue weighted by atomic mass is 9.90. The fourth-order valence-electron chi connectivity index (χ4n) is 2.42. The van der Waals surface area contributed by atoms with Gasteiger partial charge in [0.05, 0.1) is 0 Å². The SMILES string of the molecule is CCCCC[C@H](C)C[C@H](CN=[N+]=[N-])CC(=O)OC(C)(C)C. The van der Waals surface area contributed by atoms with Crippen LogP contribution in [-0.2, 0) is 9.53 Å². The van der Waals surface area contributed by atoms with Crippen LogP contribution in [0.3, 0.4) is 0 Å². The van der Waals surface area contributed by atoms with Crippen LogP contribution in [0.2, 0.25) is 0 Å². The van der Waals surface area contributed by atoms with Crippen LogP contribution in [0, 0.1) is 11.8 Å². The lowest BCUT2D eigenvalue weighted by Crippen LogP contribution is -2.26. The molecule has 0 saturated carbocycles. The fourth-order valence-corrected chi connectivity index (χ4v) is 2.42. The molecular weight excluding hydrogens is 266 g/mol. The van der Waals surface area contributed by atoms with Gasteiger partial charge >= 0.3 is 5.97 Å². The zero-order valence-electron chi connectivity index (χ0n) is 14.3. The van der Waals surface area contributed by atoms with Crippen LogP contribution in [0.5, 0.6) is 0 Å². The van der Waals surface area contributed by atoms with E-state index in [1.54, 1.807) is 0 Å². The topological polar surface area (TPSA) is 75.1 Å². The summed E-state index contributed by atoms with van der Waals surface area (Å²) in [5.41, 5.74) is 8.02. The molecule has 5 heteroatoms. The van der Waals surface area contributed by atoms with E-state index < -0.39 is 5.60 Å². The van der Waals surface area contributed by atoms with Crippen molar-refractivity contribution in [3.63, 3.8) is 0 Å². The third-order valence-corrected chi connectivity index (χ3v) is 3.31. The molecule has 0 unspecified atom stereocenters. The Bertz CT molecular complexity index is 344. The van der Waals surface area contributed by atoms with Gasteiger partial charge in [-0.15, -0.1) is 0 Å². The van der Waals surface area contributed by atoms with Gasteiger partial charge in [-0.2, -0.15) is 0 Å². The molecule has 122 valence electrons. The van der Waals surface area contributed by atoms with Gasteiger partial charge in [0.15, 0.2) is 0 Å². The summed E-state index contributed by atoms with van der Waals surface area (Å²) in [5.74, 6) is 0.409. The molecule has 0 aromatic rings. The van der Waals surface area contributed by atoms with Gasteiger partial charge in [-0.05, 0) is 44.6 Å². The van der Waals surface area contributed by atoms with Crippen LogP contribution >= 0.6 is 0 Å². The first kappa shape index (κ1) is 19.8. The fraction of sp³-hybridized carbons (Fsp3) is 0.938. The number of rotatable bonds is 10. The minimum atomic E-state index is -0.465. The molecule has 0 N–H and O–H groups in total. The van der Waals surface area contributed by atoms with Crippen LogP contribution in [0.25, 0.3) is 10.4 Å². The second-order valence-corrected chi connectivity index (χ2v) is 6.91. The molecule has 2 atom stereocenters. The minimum Gasteiger partial charge on any atom is -0.460 e. The summed E-state index contributed by atoms with van der Waals surface area (Å²) in [7, 11) is 0. The Morgan fingerprint density at radius 2 is 2.00 bits per heavy atom. The molecule has 0 aromatic carbocycles. The summed E-state index contributed by atoms with van der Waals surface area (Å²) in [5, 5.41) is 3.64. The zero-order valence-corrected chi connectivity index (χ0v) is 14.3. The maximum absolute atomic E-state index is 11.9. The van der Waals surface area contributed by atoms with Crippen molar-refractivity contribution < 1.29 is 9.53 Å². The molecule has 5 nitrogen and oxygen atoms in total. The highest BCUT2D eigenvalue weighted by atomic mass is 16.6. The van der Waals surface area contributed by atoms with Gasteiger partial charge in [0.2, 0.25) is 0 Å². The predicted octanol–water partition coefficient (Wildman–Crippen LogP) is 5.25. The van der Waals surface area contributed by atoms with Crippen molar-refractivity contribution in [3.05, 3.63) is 10.4 Å². The number of carbonyl (C=O) groups is 1. The van der Waals surface area contributed by atoms with E-state index in [1.165, 1.54) is 19.3 Å². The van der Waals surface area contributed by atoms with E-state index in [9.17, 15) is 4.79 Å². The van der Waals surface area contributed by atoms with Crippen molar-refractivity contribution in [1.82, 2.24) is 0 Å². The van der Waals surface area contributed by atoms with Gasteiger partial charge in [-0.25, -0.2) is 0 Å². The van der Waals surface area contributed by atoms with E-state index in [-0.39, 0.29) is 11.9 Å². The van der Waals surface area contributed by atoms with Crippen LogP contribution in [0.15, 0.2) is 5.11 Å². The Labute approximate surface area is 129 Å². The first-order valence-corrected chi connectivity index (χ1v) is 8.01. The van der Waals surface area contributed by atoms with E-state index >= 15 is 0 Å². The molecular formula is C16H31N3O2. The highest BCUT2D eigenvalue weighted by Crippen LogP contribution is 2.22. The summed E-state index contributed by atoms with van der Waals surface area (Å²) in [6.45, 7) is 10.3. The number of esters is 1. The maximum Gasteiger partial charge on any atom is 0.306 e. The first-order valence-electron chi connectivity index (χ1n) is 8.01. The van der Waals surface area contributed by atoms with Gasteiger partial charge in [0, 0.05) is 17.9 Å². The van der Waals surface area contributed by atoms with Crippen molar-refractivity contribution in [2.24, 2.45) is 17.0 Å². The third kappa shape index (κ3) is 12.2. The average molecular weight is 297 g/mol. The number of azide groups is 1. The van der Waals surface area contributed by atoms with E-state index in [4.69, 9.17) is 10.3 Å². The Balaban J connectivity index is 4.37. The van der Waals surface area contributed by atoms with Gasteiger partial charge in [-0.1, -0.05) is 44.6 Å². The van der Waals surface area contributed by atoms with Gasteiger partial charge in [0.25, 0.3) is 0 Å². The van der Waals surface area contributed by atoms with E-state index in [0.717, 1.165) is 12.8 Å². The van der Waals surface area contributed by atoms with Crippen molar-refractivity contribution in [1.29, 1.82) is 0 Å². The summed E-state index contributed by atoms with van der Waals surface area (Å²) < 4.78 is 5.35. The van der Waals surface area contributed by atoms with Gasteiger partial charge in [0.1, 0.15) is 5.60 Å². The summed E-state index contributed by atoms with van der Waals surface area (Å²) in [6, 6.07) is 0.